The number of aliphatic hydroxyl groups is 1. The Morgan fingerprint density at radius 1 is 1.19 bits per heavy atom. The quantitative estimate of drug-likeness (QED) is 0.856. The van der Waals surface area contributed by atoms with Crippen LogP contribution in [0.4, 0.5) is 13.2 Å². The van der Waals surface area contributed by atoms with Crippen LogP contribution in [0, 0.1) is 5.92 Å². The minimum Gasteiger partial charge on any atom is -0.393 e. The highest BCUT2D eigenvalue weighted by Crippen LogP contribution is 2.37. The van der Waals surface area contributed by atoms with E-state index in [4.69, 9.17) is 0 Å². The molecule has 138 valence electrons. The van der Waals surface area contributed by atoms with E-state index >= 15 is 0 Å². The van der Waals surface area contributed by atoms with E-state index in [2.05, 4.69) is 10.3 Å². The SMILES string of the molecule is O=C(Cc1ccc(C(F)(F)F)cc1)N[C@@H](c1ccccn1)C1CC(O)C1. The summed E-state index contributed by atoms with van der Waals surface area (Å²) in [4.78, 5) is 16.7. The number of rotatable bonds is 5. The molecule has 0 aliphatic heterocycles. The van der Waals surface area contributed by atoms with Crippen molar-refractivity contribution in [3.8, 4) is 0 Å². The fraction of sp³-hybridized carbons (Fsp3) is 0.368. The van der Waals surface area contributed by atoms with Crippen LogP contribution in [-0.2, 0) is 17.4 Å². The molecular weight excluding hydrogens is 345 g/mol. The summed E-state index contributed by atoms with van der Waals surface area (Å²) < 4.78 is 37.8. The molecule has 1 aromatic carbocycles. The van der Waals surface area contributed by atoms with Gasteiger partial charge in [0.05, 0.1) is 29.8 Å². The number of nitrogens with zero attached hydrogens (tertiary/aromatic N) is 1. The first-order valence-electron chi connectivity index (χ1n) is 8.37. The Balaban J connectivity index is 1.66. The summed E-state index contributed by atoms with van der Waals surface area (Å²) in [5.74, 6) is -0.196. The molecule has 1 heterocycles. The third kappa shape index (κ3) is 4.40. The normalized spacial score (nSPS) is 20.9. The predicted molar refractivity (Wildman–Crippen MR) is 89.0 cm³/mol. The van der Waals surface area contributed by atoms with Crippen molar-refractivity contribution in [3.63, 3.8) is 0 Å². The molecule has 1 amide bonds. The summed E-state index contributed by atoms with van der Waals surface area (Å²) in [5, 5.41) is 12.5. The Labute approximate surface area is 149 Å². The van der Waals surface area contributed by atoms with Gasteiger partial charge in [-0.05, 0) is 48.6 Å². The molecule has 1 aliphatic rings. The van der Waals surface area contributed by atoms with Crippen molar-refractivity contribution in [2.75, 3.05) is 0 Å². The maximum absolute atomic E-state index is 12.6. The molecule has 0 bridgehead atoms. The zero-order valence-corrected chi connectivity index (χ0v) is 13.9. The van der Waals surface area contributed by atoms with Crippen molar-refractivity contribution >= 4 is 5.91 Å². The minimum absolute atomic E-state index is 0.0171. The maximum Gasteiger partial charge on any atom is 0.416 e. The summed E-state index contributed by atoms with van der Waals surface area (Å²) in [6.45, 7) is 0. The molecule has 0 unspecified atom stereocenters. The van der Waals surface area contributed by atoms with Gasteiger partial charge in [0.15, 0.2) is 0 Å². The van der Waals surface area contributed by atoms with Gasteiger partial charge in [-0.3, -0.25) is 9.78 Å². The van der Waals surface area contributed by atoms with E-state index < -0.39 is 11.7 Å². The number of hydrogen-bond donors (Lipinski definition) is 2. The highest BCUT2D eigenvalue weighted by Gasteiger charge is 2.36. The third-order valence-electron chi connectivity index (χ3n) is 4.59. The van der Waals surface area contributed by atoms with E-state index in [-0.39, 0.29) is 30.4 Å². The second-order valence-electron chi connectivity index (χ2n) is 6.56. The highest BCUT2D eigenvalue weighted by molar-refractivity contribution is 5.79. The summed E-state index contributed by atoms with van der Waals surface area (Å²) >= 11 is 0. The predicted octanol–water partition coefficient (Wildman–Crippen LogP) is 3.27. The number of carbonyl (C=O) groups excluding carboxylic acids is 1. The van der Waals surface area contributed by atoms with Gasteiger partial charge in [-0.25, -0.2) is 0 Å². The number of aromatic nitrogens is 1. The second kappa shape index (κ2) is 7.45. The van der Waals surface area contributed by atoms with Crippen molar-refractivity contribution < 1.29 is 23.1 Å². The molecule has 0 saturated heterocycles. The van der Waals surface area contributed by atoms with Gasteiger partial charge in [-0.1, -0.05) is 18.2 Å². The van der Waals surface area contributed by atoms with E-state index in [1.807, 2.05) is 12.1 Å². The standard InChI is InChI=1S/C19H19F3N2O2/c20-19(21,22)14-6-4-12(5-7-14)9-17(26)24-18(13-10-15(25)11-13)16-3-1-2-8-23-16/h1-8,13,15,18,25H,9-11H2,(H,24,26)/t13?,15?,18-/m1/s1. The fourth-order valence-corrected chi connectivity index (χ4v) is 3.12. The molecule has 1 saturated carbocycles. The molecule has 2 N–H and O–H groups in total. The zero-order valence-electron chi connectivity index (χ0n) is 13.9. The molecule has 1 aromatic heterocycles. The Morgan fingerprint density at radius 2 is 1.88 bits per heavy atom. The summed E-state index contributed by atoms with van der Waals surface area (Å²) in [7, 11) is 0. The van der Waals surface area contributed by atoms with Crippen LogP contribution in [0.5, 0.6) is 0 Å². The Kier molecular flexibility index (Phi) is 5.27. The van der Waals surface area contributed by atoms with Crippen LogP contribution in [0.2, 0.25) is 0 Å². The molecular formula is C19H19F3N2O2. The summed E-state index contributed by atoms with van der Waals surface area (Å²) in [5.41, 5.74) is 0.477. The van der Waals surface area contributed by atoms with Crippen molar-refractivity contribution in [2.24, 2.45) is 5.92 Å². The van der Waals surface area contributed by atoms with Crippen molar-refractivity contribution in [1.82, 2.24) is 10.3 Å². The lowest BCUT2D eigenvalue weighted by Gasteiger charge is -2.37. The number of amides is 1. The van der Waals surface area contributed by atoms with Crippen LogP contribution in [0.25, 0.3) is 0 Å². The number of pyridine rings is 1. The van der Waals surface area contributed by atoms with E-state index in [0.717, 1.165) is 12.1 Å². The molecule has 3 rings (SSSR count). The maximum atomic E-state index is 12.6. The largest absolute Gasteiger partial charge is 0.416 e. The fourth-order valence-electron chi connectivity index (χ4n) is 3.12. The first-order valence-corrected chi connectivity index (χ1v) is 8.37. The molecule has 0 radical (unpaired) electrons. The molecule has 26 heavy (non-hydrogen) atoms. The number of halogens is 3. The Hall–Kier alpha value is -2.41. The number of alkyl halides is 3. The van der Waals surface area contributed by atoms with Gasteiger partial charge in [0.2, 0.25) is 5.91 Å². The van der Waals surface area contributed by atoms with Crippen LogP contribution in [0.15, 0.2) is 48.7 Å². The number of hydrogen-bond acceptors (Lipinski definition) is 3. The van der Waals surface area contributed by atoms with Crippen LogP contribution >= 0.6 is 0 Å². The number of aliphatic hydroxyl groups excluding tert-OH is 1. The van der Waals surface area contributed by atoms with E-state index in [1.54, 1.807) is 12.3 Å². The van der Waals surface area contributed by atoms with Crippen LogP contribution in [0.1, 0.15) is 35.7 Å². The lowest BCUT2D eigenvalue weighted by atomic mass is 9.76. The number of nitrogens with one attached hydrogen (secondary N) is 1. The van der Waals surface area contributed by atoms with Crippen LogP contribution in [0.3, 0.4) is 0 Å². The Bertz CT molecular complexity index is 742. The molecule has 2 aromatic rings. The number of carbonyl (C=O) groups is 1. The van der Waals surface area contributed by atoms with Gasteiger partial charge in [-0.15, -0.1) is 0 Å². The zero-order chi connectivity index (χ0) is 18.7. The van der Waals surface area contributed by atoms with Gasteiger partial charge in [0.25, 0.3) is 0 Å². The topological polar surface area (TPSA) is 62.2 Å². The second-order valence-corrected chi connectivity index (χ2v) is 6.56. The monoisotopic (exact) mass is 364 g/mol. The highest BCUT2D eigenvalue weighted by atomic mass is 19.4. The van der Waals surface area contributed by atoms with E-state index in [9.17, 15) is 23.1 Å². The van der Waals surface area contributed by atoms with Crippen molar-refractivity contribution in [2.45, 2.75) is 37.6 Å². The smallest absolute Gasteiger partial charge is 0.393 e. The third-order valence-corrected chi connectivity index (χ3v) is 4.59. The van der Waals surface area contributed by atoms with Crippen molar-refractivity contribution in [1.29, 1.82) is 0 Å². The van der Waals surface area contributed by atoms with E-state index in [0.29, 0.717) is 24.1 Å². The lowest BCUT2D eigenvalue weighted by Crippen LogP contribution is -2.42. The summed E-state index contributed by atoms with van der Waals surface area (Å²) in [6, 6.07) is 9.67. The van der Waals surface area contributed by atoms with Gasteiger partial charge < -0.3 is 10.4 Å². The molecule has 7 heteroatoms. The lowest BCUT2D eigenvalue weighted by molar-refractivity contribution is -0.137. The van der Waals surface area contributed by atoms with Gasteiger partial charge in [0, 0.05) is 6.20 Å². The number of benzene rings is 1. The molecule has 0 spiro atoms. The van der Waals surface area contributed by atoms with E-state index in [1.165, 1.54) is 12.1 Å². The van der Waals surface area contributed by atoms with Crippen molar-refractivity contribution in [3.05, 3.63) is 65.5 Å². The Morgan fingerprint density at radius 3 is 2.42 bits per heavy atom. The first kappa shape index (κ1) is 18.4. The van der Waals surface area contributed by atoms with Gasteiger partial charge >= 0.3 is 6.18 Å². The average molecular weight is 364 g/mol. The first-order chi connectivity index (χ1) is 12.3. The molecule has 1 fully saturated rings. The van der Waals surface area contributed by atoms with Gasteiger partial charge in [0.1, 0.15) is 0 Å². The minimum atomic E-state index is -4.39. The molecule has 1 aliphatic carbocycles. The van der Waals surface area contributed by atoms with Crippen LogP contribution in [-0.4, -0.2) is 22.1 Å². The average Bonchev–Trinajstić information content (AvgIpc) is 2.58. The van der Waals surface area contributed by atoms with Crippen LogP contribution < -0.4 is 5.32 Å². The molecule has 1 atom stereocenters. The van der Waals surface area contributed by atoms with Gasteiger partial charge in [-0.2, -0.15) is 13.2 Å². The summed E-state index contributed by atoms with van der Waals surface area (Å²) in [6.07, 6.45) is -1.96. The molecule has 4 nitrogen and oxygen atoms in total.